The Bertz CT molecular complexity index is 1080. The van der Waals surface area contributed by atoms with Crippen molar-refractivity contribution in [3.63, 3.8) is 0 Å². The number of carbonyl (C=O) groups is 1. The van der Waals surface area contributed by atoms with E-state index in [0.29, 0.717) is 17.0 Å². The number of imidazole rings is 1. The number of aromatic amines is 1. The van der Waals surface area contributed by atoms with E-state index in [1.54, 1.807) is 19.9 Å². The van der Waals surface area contributed by atoms with Crippen LogP contribution in [0.3, 0.4) is 0 Å². The van der Waals surface area contributed by atoms with Gasteiger partial charge in [0.2, 0.25) is 10.0 Å². The first-order valence-electron chi connectivity index (χ1n) is 8.45. The number of nitrogens with zero attached hydrogens (tertiary/aromatic N) is 2. The zero-order chi connectivity index (χ0) is 19.8. The van der Waals surface area contributed by atoms with E-state index in [2.05, 4.69) is 15.3 Å². The van der Waals surface area contributed by atoms with E-state index in [1.807, 2.05) is 24.3 Å². The molecule has 0 aliphatic carbocycles. The standard InChI is InChI=1S/C19H22N4O3S/c1-12-9-14(10-17(13(12)2)27(25,26)23(3)4)19(24)20-11-18-21-15-7-5-6-8-16(15)22-18/h5-10H,11H2,1-4H3,(H,20,24)(H,21,22). The van der Waals surface area contributed by atoms with Crippen molar-refractivity contribution in [3.8, 4) is 0 Å². The van der Waals surface area contributed by atoms with Crippen LogP contribution in [0.1, 0.15) is 27.3 Å². The zero-order valence-electron chi connectivity index (χ0n) is 15.7. The summed E-state index contributed by atoms with van der Waals surface area (Å²) in [6.07, 6.45) is 0. The highest BCUT2D eigenvalue weighted by atomic mass is 32.2. The fourth-order valence-electron chi connectivity index (χ4n) is 2.78. The minimum Gasteiger partial charge on any atom is -0.345 e. The maximum atomic E-state index is 12.6. The Balaban J connectivity index is 1.85. The lowest BCUT2D eigenvalue weighted by Crippen LogP contribution is -2.26. The maximum Gasteiger partial charge on any atom is 0.251 e. The summed E-state index contributed by atoms with van der Waals surface area (Å²) < 4.78 is 26.2. The second-order valence-corrected chi connectivity index (χ2v) is 8.71. The molecule has 2 aromatic carbocycles. The molecular weight excluding hydrogens is 364 g/mol. The largest absolute Gasteiger partial charge is 0.345 e. The Labute approximate surface area is 158 Å². The lowest BCUT2D eigenvalue weighted by molar-refractivity contribution is 0.0949. The number of amides is 1. The van der Waals surface area contributed by atoms with Crippen molar-refractivity contribution in [2.75, 3.05) is 14.1 Å². The predicted octanol–water partition coefficient (Wildman–Crippen LogP) is 2.36. The molecule has 0 aliphatic heterocycles. The van der Waals surface area contributed by atoms with E-state index in [1.165, 1.54) is 20.2 Å². The number of hydrogen-bond donors (Lipinski definition) is 2. The molecule has 0 atom stereocenters. The van der Waals surface area contributed by atoms with Crippen LogP contribution in [-0.4, -0.2) is 42.7 Å². The average Bonchev–Trinajstić information content (AvgIpc) is 3.04. The monoisotopic (exact) mass is 386 g/mol. The summed E-state index contributed by atoms with van der Waals surface area (Å²) in [5.74, 6) is 0.281. The molecule has 0 aliphatic rings. The Kier molecular flexibility index (Phi) is 5.03. The quantitative estimate of drug-likeness (QED) is 0.704. The van der Waals surface area contributed by atoms with Crippen LogP contribution in [0.15, 0.2) is 41.3 Å². The van der Waals surface area contributed by atoms with Crippen LogP contribution in [0.4, 0.5) is 0 Å². The van der Waals surface area contributed by atoms with E-state index in [0.717, 1.165) is 20.9 Å². The molecule has 3 aromatic rings. The van der Waals surface area contributed by atoms with Crippen molar-refractivity contribution in [1.29, 1.82) is 0 Å². The van der Waals surface area contributed by atoms with Crippen molar-refractivity contribution in [2.45, 2.75) is 25.3 Å². The molecule has 0 spiro atoms. The minimum absolute atomic E-state index is 0.140. The van der Waals surface area contributed by atoms with Crippen LogP contribution >= 0.6 is 0 Å². The Morgan fingerprint density at radius 2 is 1.89 bits per heavy atom. The van der Waals surface area contributed by atoms with Crippen LogP contribution in [0.25, 0.3) is 11.0 Å². The zero-order valence-corrected chi connectivity index (χ0v) is 16.5. The van der Waals surface area contributed by atoms with E-state index in [-0.39, 0.29) is 17.3 Å². The highest BCUT2D eigenvalue weighted by Crippen LogP contribution is 2.23. The summed E-state index contributed by atoms with van der Waals surface area (Å²) in [6.45, 7) is 3.75. The molecule has 2 N–H and O–H groups in total. The van der Waals surface area contributed by atoms with Crippen molar-refractivity contribution < 1.29 is 13.2 Å². The molecule has 7 nitrogen and oxygen atoms in total. The molecule has 1 aromatic heterocycles. The number of hydrogen-bond acceptors (Lipinski definition) is 4. The molecule has 1 heterocycles. The number of aryl methyl sites for hydroxylation is 1. The lowest BCUT2D eigenvalue weighted by atomic mass is 10.1. The first-order chi connectivity index (χ1) is 12.7. The minimum atomic E-state index is -3.64. The molecule has 0 radical (unpaired) electrons. The number of H-pyrrole nitrogens is 1. The first-order valence-corrected chi connectivity index (χ1v) is 9.90. The maximum absolute atomic E-state index is 12.6. The Hall–Kier alpha value is -2.71. The van der Waals surface area contributed by atoms with Gasteiger partial charge in [0.05, 0.1) is 22.5 Å². The van der Waals surface area contributed by atoms with Crippen LogP contribution < -0.4 is 5.32 Å². The molecule has 0 saturated carbocycles. The van der Waals surface area contributed by atoms with Crippen molar-refractivity contribution in [1.82, 2.24) is 19.6 Å². The topological polar surface area (TPSA) is 95.2 Å². The summed E-state index contributed by atoms with van der Waals surface area (Å²) in [5.41, 5.74) is 3.40. The Morgan fingerprint density at radius 3 is 2.56 bits per heavy atom. The van der Waals surface area contributed by atoms with Gasteiger partial charge in [-0.05, 0) is 49.2 Å². The number of sulfonamides is 1. The number of nitrogens with one attached hydrogen (secondary N) is 2. The molecule has 142 valence electrons. The van der Waals surface area contributed by atoms with E-state index < -0.39 is 10.0 Å². The Morgan fingerprint density at radius 1 is 1.19 bits per heavy atom. The van der Waals surface area contributed by atoms with Crippen LogP contribution in [-0.2, 0) is 16.6 Å². The van der Waals surface area contributed by atoms with Gasteiger partial charge in [-0.15, -0.1) is 0 Å². The first kappa shape index (κ1) is 19.1. The fourth-order valence-corrected chi connectivity index (χ4v) is 4.00. The van der Waals surface area contributed by atoms with Crippen LogP contribution in [0, 0.1) is 13.8 Å². The fraction of sp³-hybridized carbons (Fsp3) is 0.263. The average molecular weight is 386 g/mol. The number of benzene rings is 2. The second kappa shape index (κ2) is 7.13. The molecule has 3 rings (SSSR count). The van der Waals surface area contributed by atoms with Gasteiger partial charge in [-0.3, -0.25) is 4.79 Å². The number of carbonyl (C=O) groups excluding carboxylic acids is 1. The van der Waals surface area contributed by atoms with Crippen molar-refractivity contribution >= 4 is 27.0 Å². The molecule has 0 bridgehead atoms. The number of fused-ring (bicyclic) bond motifs is 1. The summed E-state index contributed by atoms with van der Waals surface area (Å²) in [6, 6.07) is 10.7. The van der Waals surface area contributed by atoms with Crippen molar-refractivity contribution in [2.24, 2.45) is 0 Å². The molecular formula is C19H22N4O3S. The SMILES string of the molecule is Cc1cc(C(=O)NCc2nc3ccccc3[nH]2)cc(S(=O)(=O)N(C)C)c1C. The molecule has 0 unspecified atom stereocenters. The summed E-state index contributed by atoms with van der Waals surface area (Å²) >= 11 is 0. The second-order valence-electron chi connectivity index (χ2n) is 6.59. The van der Waals surface area contributed by atoms with Gasteiger partial charge in [0.25, 0.3) is 5.91 Å². The summed E-state index contributed by atoms with van der Waals surface area (Å²) in [7, 11) is -0.694. The molecule has 0 saturated heterocycles. The van der Waals surface area contributed by atoms with Crippen LogP contribution in [0.2, 0.25) is 0 Å². The lowest BCUT2D eigenvalue weighted by Gasteiger charge is -2.16. The predicted molar refractivity (Wildman–Crippen MR) is 104 cm³/mol. The highest BCUT2D eigenvalue weighted by Gasteiger charge is 2.23. The number of rotatable bonds is 5. The number of para-hydroxylation sites is 2. The van der Waals surface area contributed by atoms with Crippen molar-refractivity contribution in [3.05, 3.63) is 58.9 Å². The van der Waals surface area contributed by atoms with Crippen LogP contribution in [0.5, 0.6) is 0 Å². The molecule has 0 fully saturated rings. The van der Waals surface area contributed by atoms with Gasteiger partial charge in [0, 0.05) is 19.7 Å². The third-order valence-corrected chi connectivity index (χ3v) is 6.44. The van der Waals surface area contributed by atoms with E-state index in [4.69, 9.17) is 0 Å². The normalized spacial score (nSPS) is 11.9. The van der Waals surface area contributed by atoms with E-state index in [9.17, 15) is 13.2 Å². The summed E-state index contributed by atoms with van der Waals surface area (Å²) in [4.78, 5) is 20.3. The summed E-state index contributed by atoms with van der Waals surface area (Å²) in [5, 5.41) is 2.79. The van der Waals surface area contributed by atoms with Gasteiger partial charge in [0.15, 0.2) is 0 Å². The molecule has 27 heavy (non-hydrogen) atoms. The number of aromatic nitrogens is 2. The third-order valence-electron chi connectivity index (χ3n) is 4.50. The van der Waals surface area contributed by atoms with Gasteiger partial charge in [-0.2, -0.15) is 0 Å². The highest BCUT2D eigenvalue weighted by molar-refractivity contribution is 7.89. The van der Waals surface area contributed by atoms with Gasteiger partial charge >= 0.3 is 0 Å². The molecule has 8 heteroatoms. The van der Waals surface area contributed by atoms with Gasteiger partial charge in [-0.25, -0.2) is 17.7 Å². The molecule has 1 amide bonds. The smallest absolute Gasteiger partial charge is 0.251 e. The third kappa shape index (κ3) is 3.72. The van der Waals surface area contributed by atoms with Gasteiger partial charge in [-0.1, -0.05) is 12.1 Å². The van der Waals surface area contributed by atoms with Gasteiger partial charge in [0.1, 0.15) is 5.82 Å². The van der Waals surface area contributed by atoms with E-state index >= 15 is 0 Å². The van der Waals surface area contributed by atoms with Gasteiger partial charge < -0.3 is 10.3 Å².